The van der Waals surface area contributed by atoms with Crippen molar-refractivity contribution < 1.29 is 0 Å². The molecule has 2 bridgehead atoms. The summed E-state index contributed by atoms with van der Waals surface area (Å²) in [6.45, 7) is 1.59. The summed E-state index contributed by atoms with van der Waals surface area (Å²) in [5.74, 6) is 1.22. The molecule has 2 heterocycles. The molecule has 5 heteroatoms. The molecular formula is C12H21Cl2N3. The van der Waals surface area contributed by atoms with Gasteiger partial charge in [0.05, 0.1) is 0 Å². The Bertz CT molecular complexity index is 261. The van der Waals surface area contributed by atoms with Gasteiger partial charge in [0.25, 0.3) is 0 Å². The fourth-order valence-corrected chi connectivity index (χ4v) is 3.29. The van der Waals surface area contributed by atoms with Gasteiger partial charge in [-0.1, -0.05) is 0 Å². The highest BCUT2D eigenvalue weighted by Crippen LogP contribution is 2.32. The summed E-state index contributed by atoms with van der Waals surface area (Å²) in [4.78, 5) is 2.52. The number of halogens is 2. The van der Waals surface area contributed by atoms with Crippen LogP contribution in [0.4, 0.5) is 0 Å². The Hall–Kier alpha value is 0.01000. The highest BCUT2D eigenvalue weighted by molar-refractivity contribution is 6.18. The van der Waals surface area contributed by atoms with Crippen LogP contribution in [0.2, 0.25) is 0 Å². The Morgan fingerprint density at radius 1 is 1.18 bits per heavy atom. The quantitative estimate of drug-likeness (QED) is 0.568. The Balaban J connectivity index is 1.97. The van der Waals surface area contributed by atoms with Crippen molar-refractivity contribution in [3.63, 3.8) is 0 Å². The van der Waals surface area contributed by atoms with Gasteiger partial charge in [-0.2, -0.15) is 5.10 Å². The Kier molecular flexibility index (Phi) is 4.95. The Morgan fingerprint density at radius 2 is 1.71 bits per heavy atom. The molecular weight excluding hydrogens is 257 g/mol. The average molecular weight is 278 g/mol. The maximum atomic E-state index is 5.78. The lowest BCUT2D eigenvalue weighted by Gasteiger charge is -2.32. The molecule has 0 saturated carbocycles. The van der Waals surface area contributed by atoms with Gasteiger partial charge in [-0.05, 0) is 19.9 Å². The molecule has 0 amide bonds. The van der Waals surface area contributed by atoms with Gasteiger partial charge in [0.2, 0.25) is 0 Å². The van der Waals surface area contributed by atoms with E-state index in [0.29, 0.717) is 23.8 Å². The minimum atomic E-state index is 0.612. The van der Waals surface area contributed by atoms with E-state index in [-0.39, 0.29) is 0 Å². The van der Waals surface area contributed by atoms with Crippen molar-refractivity contribution in [1.29, 1.82) is 0 Å². The maximum absolute atomic E-state index is 5.78. The van der Waals surface area contributed by atoms with Crippen molar-refractivity contribution in [2.24, 2.45) is 5.10 Å². The molecule has 2 aliphatic rings. The van der Waals surface area contributed by atoms with E-state index < -0.39 is 0 Å². The zero-order valence-corrected chi connectivity index (χ0v) is 11.9. The van der Waals surface area contributed by atoms with Gasteiger partial charge in [-0.25, -0.2) is 0 Å². The fraction of sp³-hybridized carbons (Fsp3) is 0.917. The van der Waals surface area contributed by atoms with Crippen LogP contribution >= 0.6 is 23.2 Å². The normalized spacial score (nSPS) is 28.5. The number of hydrogen-bond donors (Lipinski definition) is 0. The van der Waals surface area contributed by atoms with Crippen molar-refractivity contribution in [2.75, 3.05) is 31.9 Å². The predicted octanol–water partition coefficient (Wildman–Crippen LogP) is 2.38. The average Bonchev–Trinajstić information content (AvgIpc) is 2.53. The van der Waals surface area contributed by atoms with Crippen LogP contribution in [0, 0.1) is 0 Å². The molecule has 0 unspecified atom stereocenters. The first-order valence-electron chi connectivity index (χ1n) is 6.39. The van der Waals surface area contributed by atoms with Gasteiger partial charge in [-0.3, -0.25) is 9.91 Å². The second-order valence-electron chi connectivity index (χ2n) is 4.96. The van der Waals surface area contributed by atoms with Gasteiger partial charge >= 0.3 is 0 Å². The minimum Gasteiger partial charge on any atom is -0.300 e. The summed E-state index contributed by atoms with van der Waals surface area (Å²) in [6, 6.07) is 1.42. The van der Waals surface area contributed by atoms with Gasteiger partial charge in [0.15, 0.2) is 0 Å². The molecule has 0 radical (unpaired) electrons. The lowest BCUT2D eigenvalue weighted by atomic mass is 10.0. The molecule has 0 aromatic rings. The predicted molar refractivity (Wildman–Crippen MR) is 74.3 cm³/mol. The first-order chi connectivity index (χ1) is 8.24. The lowest BCUT2D eigenvalue weighted by Crippen LogP contribution is -2.41. The number of nitrogens with zero attached hydrogens (tertiary/aromatic N) is 3. The SMILES string of the molecule is CN1[C@@H]2CC[C@@H]1CC(=NN(CCCl)CCCl)C2. The van der Waals surface area contributed by atoms with Crippen LogP contribution in [0.5, 0.6) is 0 Å². The van der Waals surface area contributed by atoms with E-state index in [1.807, 2.05) is 5.01 Å². The topological polar surface area (TPSA) is 18.8 Å². The molecule has 2 saturated heterocycles. The van der Waals surface area contributed by atoms with Gasteiger partial charge in [0, 0.05) is 55.5 Å². The lowest BCUT2D eigenvalue weighted by molar-refractivity contribution is 0.226. The summed E-state index contributed by atoms with van der Waals surface area (Å²) < 4.78 is 0. The van der Waals surface area contributed by atoms with Crippen LogP contribution in [0.25, 0.3) is 0 Å². The van der Waals surface area contributed by atoms with Crippen molar-refractivity contribution in [2.45, 2.75) is 37.8 Å². The number of piperidine rings is 1. The van der Waals surface area contributed by atoms with E-state index in [2.05, 4.69) is 11.9 Å². The van der Waals surface area contributed by atoms with Crippen LogP contribution in [0.3, 0.4) is 0 Å². The smallest absolute Gasteiger partial charge is 0.0496 e. The van der Waals surface area contributed by atoms with Crippen LogP contribution in [-0.2, 0) is 0 Å². The standard InChI is InChI=1S/C12H21Cl2N3/c1-16-11-2-3-12(16)9-10(8-11)15-17(6-4-13)7-5-14/h11-12H,2-9H2,1H3/t11-,12-/m1/s1. The third kappa shape index (κ3) is 3.27. The van der Waals surface area contributed by atoms with E-state index in [1.165, 1.54) is 18.6 Å². The molecule has 2 fully saturated rings. The summed E-state index contributed by atoms with van der Waals surface area (Å²) in [7, 11) is 2.24. The molecule has 17 heavy (non-hydrogen) atoms. The van der Waals surface area contributed by atoms with Crippen molar-refractivity contribution in [3.8, 4) is 0 Å². The molecule has 0 aliphatic carbocycles. The largest absolute Gasteiger partial charge is 0.300 e. The van der Waals surface area contributed by atoms with E-state index in [4.69, 9.17) is 28.3 Å². The Labute approximate surface area is 114 Å². The zero-order chi connectivity index (χ0) is 12.3. The molecule has 98 valence electrons. The van der Waals surface area contributed by atoms with Crippen LogP contribution in [0.15, 0.2) is 5.10 Å². The Morgan fingerprint density at radius 3 is 2.18 bits per heavy atom. The highest BCUT2D eigenvalue weighted by Gasteiger charge is 2.36. The summed E-state index contributed by atoms with van der Waals surface area (Å²) in [5, 5.41) is 6.77. The molecule has 0 aromatic heterocycles. The van der Waals surface area contributed by atoms with Crippen molar-refractivity contribution >= 4 is 28.9 Å². The minimum absolute atomic E-state index is 0.612. The number of alkyl halides is 2. The maximum Gasteiger partial charge on any atom is 0.0496 e. The molecule has 2 aliphatic heterocycles. The van der Waals surface area contributed by atoms with Gasteiger partial charge < -0.3 is 0 Å². The van der Waals surface area contributed by atoms with Crippen LogP contribution < -0.4 is 0 Å². The molecule has 3 nitrogen and oxygen atoms in total. The number of rotatable bonds is 5. The summed E-state index contributed by atoms with van der Waals surface area (Å²) in [5.41, 5.74) is 1.34. The van der Waals surface area contributed by atoms with Crippen molar-refractivity contribution in [3.05, 3.63) is 0 Å². The summed E-state index contributed by atoms with van der Waals surface area (Å²) in [6.07, 6.45) is 4.89. The molecule has 2 rings (SSSR count). The number of hydrazone groups is 1. The monoisotopic (exact) mass is 277 g/mol. The molecule has 0 N–H and O–H groups in total. The second kappa shape index (κ2) is 6.26. The van der Waals surface area contributed by atoms with Crippen LogP contribution in [0.1, 0.15) is 25.7 Å². The number of fused-ring (bicyclic) bond motifs is 2. The van der Waals surface area contributed by atoms with E-state index in [0.717, 1.165) is 25.9 Å². The third-order valence-electron chi connectivity index (χ3n) is 3.90. The first kappa shape index (κ1) is 13.4. The molecule has 2 atom stereocenters. The van der Waals surface area contributed by atoms with Gasteiger partial charge in [0.1, 0.15) is 0 Å². The third-order valence-corrected chi connectivity index (χ3v) is 4.23. The van der Waals surface area contributed by atoms with Crippen molar-refractivity contribution in [1.82, 2.24) is 9.91 Å². The zero-order valence-electron chi connectivity index (χ0n) is 10.4. The fourth-order valence-electron chi connectivity index (χ4n) is 2.90. The van der Waals surface area contributed by atoms with E-state index >= 15 is 0 Å². The highest BCUT2D eigenvalue weighted by atomic mass is 35.5. The summed E-state index contributed by atoms with van der Waals surface area (Å²) >= 11 is 11.6. The molecule has 0 aromatic carbocycles. The van der Waals surface area contributed by atoms with E-state index in [9.17, 15) is 0 Å². The van der Waals surface area contributed by atoms with Crippen LogP contribution in [-0.4, -0.2) is 59.6 Å². The molecule has 0 spiro atoms. The van der Waals surface area contributed by atoms with Gasteiger partial charge in [-0.15, -0.1) is 23.2 Å². The number of hydrogen-bond acceptors (Lipinski definition) is 3. The first-order valence-corrected chi connectivity index (χ1v) is 7.46. The van der Waals surface area contributed by atoms with E-state index in [1.54, 1.807) is 0 Å². The second-order valence-corrected chi connectivity index (χ2v) is 5.71.